The van der Waals surface area contributed by atoms with E-state index in [1.54, 1.807) is 6.20 Å². The molecule has 0 unspecified atom stereocenters. The molecule has 0 atom stereocenters. The van der Waals surface area contributed by atoms with Crippen molar-refractivity contribution < 1.29 is 0 Å². The molecule has 2 aromatic heterocycles. The third kappa shape index (κ3) is 1.53. The summed E-state index contributed by atoms with van der Waals surface area (Å²) in [7, 11) is 0. The van der Waals surface area contributed by atoms with Gasteiger partial charge in [-0.25, -0.2) is 0 Å². The van der Waals surface area contributed by atoms with Crippen molar-refractivity contribution in [1.82, 2.24) is 9.97 Å². The van der Waals surface area contributed by atoms with Gasteiger partial charge in [-0.2, -0.15) is 0 Å². The van der Waals surface area contributed by atoms with Crippen LogP contribution in [0, 0.1) is 0 Å². The van der Waals surface area contributed by atoms with Gasteiger partial charge in [0.25, 0.3) is 0 Å². The minimum Gasteiger partial charge on any atom is -0.312 e. The molecule has 0 bridgehead atoms. The average Bonchev–Trinajstić information content (AvgIpc) is 2.69. The Balaban J connectivity index is 2.22. The topological polar surface area (TPSA) is 45.8 Å². The number of aromatic amines is 1. The molecule has 0 amide bonds. The van der Waals surface area contributed by atoms with Crippen LogP contribution in [-0.2, 0) is 0 Å². The van der Waals surface area contributed by atoms with Crippen LogP contribution in [0.4, 0.5) is 0 Å². The molecular weight excluding hydrogens is 220 g/mol. The Hall–Kier alpha value is -1.94. The number of fused-ring (bicyclic) bond motifs is 1. The van der Waals surface area contributed by atoms with Crippen LogP contribution in [0.1, 0.15) is 0 Å². The van der Waals surface area contributed by atoms with E-state index in [9.17, 15) is 4.79 Å². The quantitative estimate of drug-likeness (QED) is 0.696. The minimum atomic E-state index is -0.0154. The average molecular weight is 228 g/mol. The zero-order valence-electron chi connectivity index (χ0n) is 8.31. The molecule has 1 aromatic carbocycles. The summed E-state index contributed by atoms with van der Waals surface area (Å²) in [6, 6.07) is 9.83. The van der Waals surface area contributed by atoms with Crippen LogP contribution in [0.25, 0.3) is 21.3 Å². The van der Waals surface area contributed by atoms with Gasteiger partial charge in [0.15, 0.2) is 0 Å². The van der Waals surface area contributed by atoms with E-state index in [2.05, 4.69) is 9.97 Å². The molecule has 0 saturated heterocycles. The molecule has 3 nitrogen and oxygen atoms in total. The number of aromatic nitrogens is 2. The maximum absolute atomic E-state index is 11.2. The van der Waals surface area contributed by atoms with Crippen LogP contribution >= 0.6 is 11.3 Å². The largest absolute Gasteiger partial charge is 0.312 e. The Morgan fingerprint density at radius 2 is 2.12 bits per heavy atom. The first-order valence-corrected chi connectivity index (χ1v) is 5.68. The molecule has 16 heavy (non-hydrogen) atoms. The summed E-state index contributed by atoms with van der Waals surface area (Å²) >= 11 is 1.23. The smallest absolute Gasteiger partial charge is 0.305 e. The van der Waals surface area contributed by atoms with Gasteiger partial charge in [-0.3, -0.25) is 9.78 Å². The fourth-order valence-electron chi connectivity index (χ4n) is 1.66. The van der Waals surface area contributed by atoms with E-state index >= 15 is 0 Å². The molecule has 0 aliphatic heterocycles. The van der Waals surface area contributed by atoms with Crippen molar-refractivity contribution in [2.75, 3.05) is 0 Å². The number of hydrogen-bond donors (Lipinski definition) is 1. The van der Waals surface area contributed by atoms with Crippen LogP contribution < -0.4 is 4.87 Å². The molecule has 3 rings (SSSR count). The zero-order valence-corrected chi connectivity index (χ0v) is 9.12. The third-order valence-corrected chi connectivity index (χ3v) is 3.26. The molecule has 3 aromatic rings. The SMILES string of the molecule is O=c1[nH]c2ccc(-c3cccnc3)cc2s1. The van der Waals surface area contributed by atoms with Gasteiger partial charge in [-0.05, 0) is 23.8 Å². The summed E-state index contributed by atoms with van der Waals surface area (Å²) in [5.74, 6) is 0. The zero-order chi connectivity index (χ0) is 11.0. The summed E-state index contributed by atoms with van der Waals surface area (Å²) < 4.78 is 0.978. The first-order chi connectivity index (χ1) is 7.83. The first kappa shape index (κ1) is 9.30. The normalized spacial score (nSPS) is 10.8. The summed E-state index contributed by atoms with van der Waals surface area (Å²) in [4.78, 5) is 18.0. The molecule has 0 radical (unpaired) electrons. The predicted molar refractivity (Wildman–Crippen MR) is 65.7 cm³/mol. The van der Waals surface area contributed by atoms with Crippen molar-refractivity contribution in [3.05, 3.63) is 52.4 Å². The highest BCUT2D eigenvalue weighted by molar-refractivity contribution is 7.16. The molecule has 0 aliphatic carbocycles. The second kappa shape index (κ2) is 3.57. The van der Waals surface area contributed by atoms with Crippen molar-refractivity contribution in [3.63, 3.8) is 0 Å². The number of benzene rings is 1. The number of hydrogen-bond acceptors (Lipinski definition) is 3. The molecular formula is C12H8N2OS. The van der Waals surface area contributed by atoms with Gasteiger partial charge in [0, 0.05) is 18.0 Å². The number of rotatable bonds is 1. The van der Waals surface area contributed by atoms with E-state index < -0.39 is 0 Å². The van der Waals surface area contributed by atoms with Gasteiger partial charge in [0.1, 0.15) is 0 Å². The number of pyridine rings is 1. The Morgan fingerprint density at radius 3 is 2.94 bits per heavy atom. The van der Waals surface area contributed by atoms with E-state index in [-0.39, 0.29) is 4.87 Å². The van der Waals surface area contributed by atoms with E-state index in [0.29, 0.717) is 0 Å². The van der Waals surface area contributed by atoms with Crippen LogP contribution in [0.2, 0.25) is 0 Å². The molecule has 0 saturated carbocycles. The molecule has 78 valence electrons. The summed E-state index contributed by atoms with van der Waals surface area (Å²) in [5.41, 5.74) is 3.03. The van der Waals surface area contributed by atoms with E-state index in [1.165, 1.54) is 11.3 Å². The van der Waals surface area contributed by atoms with Crippen molar-refractivity contribution in [3.8, 4) is 11.1 Å². The second-order valence-corrected chi connectivity index (χ2v) is 4.48. The molecule has 0 spiro atoms. The van der Waals surface area contributed by atoms with E-state index in [1.807, 2.05) is 36.5 Å². The van der Waals surface area contributed by atoms with Crippen molar-refractivity contribution >= 4 is 21.6 Å². The van der Waals surface area contributed by atoms with Gasteiger partial charge in [0.2, 0.25) is 0 Å². The lowest BCUT2D eigenvalue weighted by Crippen LogP contribution is -1.89. The van der Waals surface area contributed by atoms with Crippen LogP contribution in [0.5, 0.6) is 0 Å². The van der Waals surface area contributed by atoms with Crippen molar-refractivity contribution in [1.29, 1.82) is 0 Å². The summed E-state index contributed by atoms with van der Waals surface area (Å²) in [6.45, 7) is 0. The molecule has 0 aliphatic rings. The Bertz CT molecular complexity index is 685. The van der Waals surface area contributed by atoms with Gasteiger partial charge >= 0.3 is 4.87 Å². The first-order valence-electron chi connectivity index (χ1n) is 4.86. The standard InChI is InChI=1S/C12H8N2OS/c15-12-14-10-4-3-8(6-11(10)16-12)9-2-1-5-13-7-9/h1-7H,(H,14,15). The number of nitrogens with one attached hydrogen (secondary N) is 1. The Labute approximate surface area is 95.4 Å². The lowest BCUT2D eigenvalue weighted by Gasteiger charge is -1.99. The maximum Gasteiger partial charge on any atom is 0.305 e. The number of thiazole rings is 1. The van der Waals surface area contributed by atoms with Gasteiger partial charge in [-0.15, -0.1) is 0 Å². The highest BCUT2D eigenvalue weighted by Crippen LogP contribution is 2.23. The highest BCUT2D eigenvalue weighted by atomic mass is 32.1. The number of H-pyrrole nitrogens is 1. The molecule has 2 heterocycles. The Morgan fingerprint density at radius 1 is 1.19 bits per heavy atom. The van der Waals surface area contributed by atoms with Crippen LogP contribution in [0.15, 0.2) is 47.5 Å². The Kier molecular flexibility index (Phi) is 2.08. The summed E-state index contributed by atoms with van der Waals surface area (Å²) in [6.07, 6.45) is 3.56. The fourth-order valence-corrected chi connectivity index (χ4v) is 2.43. The van der Waals surface area contributed by atoms with Crippen LogP contribution in [-0.4, -0.2) is 9.97 Å². The highest BCUT2D eigenvalue weighted by Gasteiger charge is 2.02. The number of nitrogens with zero attached hydrogens (tertiary/aromatic N) is 1. The lowest BCUT2D eigenvalue weighted by molar-refractivity contribution is 1.33. The van der Waals surface area contributed by atoms with Gasteiger partial charge in [0.05, 0.1) is 10.2 Å². The summed E-state index contributed by atoms with van der Waals surface area (Å²) in [5, 5.41) is 0. The monoisotopic (exact) mass is 228 g/mol. The second-order valence-electron chi connectivity index (χ2n) is 3.47. The molecule has 0 fully saturated rings. The van der Waals surface area contributed by atoms with Crippen LogP contribution in [0.3, 0.4) is 0 Å². The van der Waals surface area contributed by atoms with Crippen molar-refractivity contribution in [2.45, 2.75) is 0 Å². The molecule has 4 heteroatoms. The van der Waals surface area contributed by atoms with E-state index in [4.69, 9.17) is 0 Å². The van der Waals surface area contributed by atoms with Gasteiger partial charge < -0.3 is 4.98 Å². The van der Waals surface area contributed by atoms with Crippen molar-refractivity contribution in [2.24, 2.45) is 0 Å². The van der Waals surface area contributed by atoms with E-state index in [0.717, 1.165) is 21.3 Å². The minimum absolute atomic E-state index is 0.0154. The maximum atomic E-state index is 11.2. The predicted octanol–water partition coefficient (Wildman–Crippen LogP) is 2.65. The third-order valence-electron chi connectivity index (χ3n) is 2.42. The fraction of sp³-hybridized carbons (Fsp3) is 0. The molecule has 1 N–H and O–H groups in total. The van der Waals surface area contributed by atoms with Gasteiger partial charge in [-0.1, -0.05) is 23.5 Å². The lowest BCUT2D eigenvalue weighted by atomic mass is 10.1.